The Morgan fingerprint density at radius 1 is 1.06 bits per heavy atom. The van der Waals surface area contributed by atoms with Crippen molar-refractivity contribution in [3.8, 4) is 0 Å². The summed E-state index contributed by atoms with van der Waals surface area (Å²) in [6.45, 7) is 7.75. The number of alkyl carbamates (subject to hydrolysis) is 1. The van der Waals surface area contributed by atoms with Crippen molar-refractivity contribution in [1.82, 2.24) is 10.2 Å². The van der Waals surface area contributed by atoms with Gasteiger partial charge < -0.3 is 31.2 Å². The number of hydrogen-bond acceptors (Lipinski definition) is 7. The second kappa shape index (κ2) is 13.1. The first-order valence-electron chi connectivity index (χ1n) is 12.9. The number of carbonyl (C=O) groups is 4. The molecule has 3 amide bonds. The van der Waals surface area contributed by atoms with Crippen LogP contribution in [-0.4, -0.2) is 65.7 Å². The minimum absolute atomic E-state index is 0.0665. The summed E-state index contributed by atoms with van der Waals surface area (Å²) in [7, 11) is 0. The van der Waals surface area contributed by atoms with Crippen molar-refractivity contribution in [2.45, 2.75) is 109 Å². The molecular weight excluding hydrogens is 452 g/mol. The number of hydrogen-bond donors (Lipinski definition) is 3. The highest BCUT2D eigenvalue weighted by Crippen LogP contribution is 2.43. The summed E-state index contributed by atoms with van der Waals surface area (Å²) in [5, 5.41) is 2.69. The van der Waals surface area contributed by atoms with Crippen LogP contribution in [0.2, 0.25) is 0 Å². The number of rotatable bonds is 13. The van der Waals surface area contributed by atoms with Crippen LogP contribution < -0.4 is 16.8 Å². The fourth-order valence-electron chi connectivity index (χ4n) is 4.68. The van der Waals surface area contributed by atoms with Crippen molar-refractivity contribution in [2.75, 3.05) is 13.2 Å². The standard InChI is InChI=1S/C25H44N4O6/c1-5-34-23(32)18-13-16(18)11-9-7-6-8-10-12-19(28-24(33)35-25(2,3)4)22(31)29-15-17(26)14-20(29)21(27)30/h16-20H,5-15,26H2,1-4H3,(H2,27,30)(H,28,33)/t16-,17-,18+,19+,20+/m1/s1. The summed E-state index contributed by atoms with van der Waals surface area (Å²) in [6.07, 6.45) is 6.81. The van der Waals surface area contributed by atoms with Gasteiger partial charge in [-0.05, 0) is 59.3 Å². The topological polar surface area (TPSA) is 154 Å². The molecule has 2 rings (SSSR count). The minimum Gasteiger partial charge on any atom is -0.466 e. The average Bonchev–Trinajstić information content (AvgIpc) is 3.42. The molecule has 5 atom stereocenters. The summed E-state index contributed by atoms with van der Waals surface area (Å²) in [6, 6.07) is -1.90. The largest absolute Gasteiger partial charge is 0.466 e. The molecular formula is C25H44N4O6. The van der Waals surface area contributed by atoms with E-state index < -0.39 is 29.7 Å². The Kier molecular flexibility index (Phi) is 10.8. The van der Waals surface area contributed by atoms with Gasteiger partial charge in [0.2, 0.25) is 11.8 Å². The molecule has 1 saturated carbocycles. The van der Waals surface area contributed by atoms with Crippen LogP contribution in [0.5, 0.6) is 0 Å². The van der Waals surface area contributed by atoms with Gasteiger partial charge in [-0.25, -0.2) is 4.79 Å². The van der Waals surface area contributed by atoms with Gasteiger partial charge in [-0.3, -0.25) is 14.4 Å². The van der Waals surface area contributed by atoms with Crippen molar-refractivity contribution < 1.29 is 28.7 Å². The quantitative estimate of drug-likeness (QED) is 0.261. The second-order valence-corrected chi connectivity index (χ2v) is 10.8. The van der Waals surface area contributed by atoms with E-state index in [0.717, 1.165) is 44.9 Å². The molecule has 10 nitrogen and oxygen atoms in total. The zero-order chi connectivity index (χ0) is 26.2. The van der Waals surface area contributed by atoms with Crippen LogP contribution in [0, 0.1) is 11.8 Å². The highest BCUT2D eigenvalue weighted by Gasteiger charge is 2.43. The van der Waals surface area contributed by atoms with Gasteiger partial charge in [0, 0.05) is 12.6 Å². The summed E-state index contributed by atoms with van der Waals surface area (Å²) in [5.74, 6) is -0.472. The fourth-order valence-corrected chi connectivity index (χ4v) is 4.68. The third-order valence-corrected chi connectivity index (χ3v) is 6.51. The maximum absolute atomic E-state index is 13.2. The lowest BCUT2D eigenvalue weighted by atomic mass is 10.0. The molecule has 35 heavy (non-hydrogen) atoms. The molecule has 0 aromatic heterocycles. The van der Waals surface area contributed by atoms with E-state index in [1.54, 1.807) is 20.8 Å². The molecule has 5 N–H and O–H groups in total. The monoisotopic (exact) mass is 496 g/mol. The van der Waals surface area contributed by atoms with Gasteiger partial charge in [0.25, 0.3) is 0 Å². The molecule has 1 aliphatic carbocycles. The van der Waals surface area contributed by atoms with Crippen molar-refractivity contribution in [3.05, 3.63) is 0 Å². The number of ether oxygens (including phenoxy) is 2. The summed E-state index contributed by atoms with van der Waals surface area (Å²) >= 11 is 0. The molecule has 0 unspecified atom stereocenters. The molecule has 1 saturated heterocycles. The van der Waals surface area contributed by atoms with E-state index >= 15 is 0 Å². The number of nitrogens with two attached hydrogens (primary N) is 2. The van der Waals surface area contributed by atoms with Crippen molar-refractivity contribution in [3.63, 3.8) is 0 Å². The predicted octanol–water partition coefficient (Wildman–Crippen LogP) is 2.22. The summed E-state index contributed by atoms with van der Waals surface area (Å²) in [5.41, 5.74) is 10.8. The number of nitrogens with zero attached hydrogens (tertiary/aromatic N) is 1. The molecule has 2 fully saturated rings. The lowest BCUT2D eigenvalue weighted by Crippen LogP contribution is -2.53. The van der Waals surface area contributed by atoms with Gasteiger partial charge in [0.15, 0.2) is 0 Å². The van der Waals surface area contributed by atoms with E-state index in [1.807, 2.05) is 6.92 Å². The third kappa shape index (κ3) is 9.66. The molecule has 2 aliphatic rings. The Hall–Kier alpha value is -2.36. The van der Waals surface area contributed by atoms with Crippen molar-refractivity contribution >= 4 is 23.9 Å². The number of primary amides is 1. The summed E-state index contributed by atoms with van der Waals surface area (Å²) < 4.78 is 10.4. The molecule has 0 radical (unpaired) electrons. The van der Waals surface area contributed by atoms with E-state index in [9.17, 15) is 19.2 Å². The highest BCUT2D eigenvalue weighted by molar-refractivity contribution is 5.91. The van der Waals surface area contributed by atoms with Gasteiger partial charge in [0.05, 0.1) is 12.5 Å². The number of nitrogens with one attached hydrogen (secondary N) is 1. The van der Waals surface area contributed by atoms with E-state index in [4.69, 9.17) is 20.9 Å². The van der Waals surface area contributed by atoms with Crippen LogP contribution in [0.1, 0.15) is 85.5 Å². The Labute approximate surface area is 208 Å². The zero-order valence-corrected chi connectivity index (χ0v) is 21.7. The molecule has 1 heterocycles. The Morgan fingerprint density at radius 2 is 1.71 bits per heavy atom. The number of amides is 3. The first-order chi connectivity index (χ1) is 16.4. The number of unbranched alkanes of at least 4 members (excludes halogenated alkanes) is 4. The minimum atomic E-state index is -0.811. The van der Waals surface area contributed by atoms with Crippen LogP contribution in [0.3, 0.4) is 0 Å². The van der Waals surface area contributed by atoms with E-state index in [2.05, 4.69) is 5.32 Å². The second-order valence-electron chi connectivity index (χ2n) is 10.8. The van der Waals surface area contributed by atoms with Gasteiger partial charge in [0.1, 0.15) is 17.7 Å². The van der Waals surface area contributed by atoms with Crippen LogP contribution in [0.15, 0.2) is 0 Å². The van der Waals surface area contributed by atoms with Crippen LogP contribution in [0.4, 0.5) is 4.79 Å². The Morgan fingerprint density at radius 3 is 2.34 bits per heavy atom. The van der Waals surface area contributed by atoms with Crippen LogP contribution in [0.25, 0.3) is 0 Å². The zero-order valence-electron chi connectivity index (χ0n) is 21.7. The summed E-state index contributed by atoms with van der Waals surface area (Å²) in [4.78, 5) is 50.6. The molecule has 0 spiro atoms. The fraction of sp³-hybridized carbons (Fsp3) is 0.840. The first-order valence-corrected chi connectivity index (χ1v) is 12.9. The molecule has 0 bridgehead atoms. The number of esters is 1. The van der Waals surface area contributed by atoms with E-state index in [-0.39, 0.29) is 30.4 Å². The van der Waals surface area contributed by atoms with Crippen LogP contribution in [-0.2, 0) is 23.9 Å². The van der Waals surface area contributed by atoms with Gasteiger partial charge in [-0.2, -0.15) is 0 Å². The molecule has 10 heteroatoms. The maximum Gasteiger partial charge on any atom is 0.408 e. The van der Waals surface area contributed by atoms with Gasteiger partial charge in [-0.15, -0.1) is 0 Å². The first kappa shape index (κ1) is 28.9. The molecule has 0 aromatic carbocycles. The van der Waals surface area contributed by atoms with Gasteiger partial charge >= 0.3 is 12.1 Å². The maximum atomic E-state index is 13.2. The molecule has 200 valence electrons. The van der Waals surface area contributed by atoms with Crippen LogP contribution >= 0.6 is 0 Å². The molecule has 1 aliphatic heterocycles. The lowest BCUT2D eigenvalue weighted by molar-refractivity contribution is -0.145. The Balaban J connectivity index is 1.79. The Bertz CT molecular complexity index is 753. The predicted molar refractivity (Wildman–Crippen MR) is 131 cm³/mol. The average molecular weight is 497 g/mol. The van der Waals surface area contributed by atoms with Crippen molar-refractivity contribution in [2.24, 2.45) is 23.3 Å². The normalized spacial score (nSPS) is 24.5. The molecule has 0 aromatic rings. The van der Waals surface area contributed by atoms with E-state index in [1.165, 1.54) is 4.90 Å². The third-order valence-electron chi connectivity index (χ3n) is 6.51. The lowest BCUT2D eigenvalue weighted by Gasteiger charge is -2.28. The van der Waals surface area contributed by atoms with E-state index in [0.29, 0.717) is 25.4 Å². The highest BCUT2D eigenvalue weighted by atomic mass is 16.6. The number of carbonyl (C=O) groups excluding carboxylic acids is 4. The van der Waals surface area contributed by atoms with Gasteiger partial charge in [-0.1, -0.05) is 32.1 Å². The number of likely N-dealkylation sites (tertiary alicyclic amines) is 1. The SMILES string of the molecule is CCOC(=O)[C@H]1C[C@H]1CCCCCCC[C@H](NC(=O)OC(C)(C)C)C(=O)N1C[C@H](N)C[C@H]1C(N)=O. The van der Waals surface area contributed by atoms with Crippen molar-refractivity contribution in [1.29, 1.82) is 0 Å². The smallest absolute Gasteiger partial charge is 0.408 e.